The average molecular weight is 211 g/mol. The third kappa shape index (κ3) is 1.40. The molecule has 0 aliphatic heterocycles. The number of hydrogen-bond acceptors (Lipinski definition) is 2. The minimum absolute atomic E-state index is 0.184. The lowest BCUT2D eigenvalue weighted by Gasteiger charge is -2.07. The van der Waals surface area contributed by atoms with Crippen LogP contribution in [-0.4, -0.2) is 13.1 Å². The van der Waals surface area contributed by atoms with E-state index in [4.69, 9.17) is 11.6 Å². The predicted octanol–water partition coefficient (Wildman–Crippen LogP) is 2.31. The van der Waals surface area contributed by atoms with E-state index in [1.807, 2.05) is 30.3 Å². The van der Waals surface area contributed by atoms with Crippen LogP contribution in [-0.2, 0) is 14.4 Å². The molecule has 2 nitrogen and oxygen atoms in total. The molecule has 0 N–H and O–H groups in total. The van der Waals surface area contributed by atoms with E-state index in [2.05, 4.69) is 4.74 Å². The van der Waals surface area contributed by atoms with E-state index in [1.54, 1.807) is 0 Å². The second-order valence-corrected chi connectivity index (χ2v) is 4.18. The Morgan fingerprint density at radius 3 is 2.71 bits per heavy atom. The van der Waals surface area contributed by atoms with Crippen molar-refractivity contribution in [2.24, 2.45) is 5.92 Å². The summed E-state index contributed by atoms with van der Waals surface area (Å²) in [6, 6.07) is 9.66. The van der Waals surface area contributed by atoms with Crippen LogP contribution < -0.4 is 0 Å². The molecule has 1 aromatic rings. The van der Waals surface area contributed by atoms with Gasteiger partial charge in [0.05, 0.1) is 17.9 Å². The van der Waals surface area contributed by atoms with Crippen LogP contribution >= 0.6 is 11.6 Å². The van der Waals surface area contributed by atoms with Crippen molar-refractivity contribution in [2.45, 2.75) is 11.3 Å². The second-order valence-electron chi connectivity index (χ2n) is 3.51. The van der Waals surface area contributed by atoms with Gasteiger partial charge in [-0.25, -0.2) is 0 Å². The summed E-state index contributed by atoms with van der Waals surface area (Å²) in [6.45, 7) is 0. The summed E-state index contributed by atoms with van der Waals surface area (Å²) in [4.78, 5) is 10.7. The Bertz CT molecular complexity index is 350. The van der Waals surface area contributed by atoms with Gasteiger partial charge in [-0.2, -0.15) is 0 Å². The monoisotopic (exact) mass is 210 g/mol. The number of hydrogen-bond donors (Lipinski definition) is 0. The molecule has 1 saturated carbocycles. The van der Waals surface area contributed by atoms with E-state index in [9.17, 15) is 4.79 Å². The standard InChI is InChI=1S/C11H11ClO2/c1-14-10(13)9-7-11(9,12)8-5-3-2-4-6-8/h2-6,9H,7H2,1H3/t9-,11+/m0/s1. The number of rotatable bonds is 2. The van der Waals surface area contributed by atoms with Crippen LogP contribution in [0.3, 0.4) is 0 Å². The van der Waals surface area contributed by atoms with Gasteiger partial charge in [0.2, 0.25) is 0 Å². The smallest absolute Gasteiger partial charge is 0.310 e. The van der Waals surface area contributed by atoms with E-state index < -0.39 is 4.87 Å². The van der Waals surface area contributed by atoms with Crippen LogP contribution in [0.5, 0.6) is 0 Å². The molecule has 14 heavy (non-hydrogen) atoms. The zero-order valence-corrected chi connectivity index (χ0v) is 8.62. The molecule has 2 rings (SSSR count). The molecule has 2 atom stereocenters. The van der Waals surface area contributed by atoms with Crippen molar-refractivity contribution in [3.8, 4) is 0 Å². The summed E-state index contributed by atoms with van der Waals surface area (Å²) < 4.78 is 4.67. The Morgan fingerprint density at radius 2 is 2.14 bits per heavy atom. The Kier molecular flexibility index (Phi) is 2.23. The molecule has 74 valence electrons. The van der Waals surface area contributed by atoms with Crippen LogP contribution in [0.15, 0.2) is 30.3 Å². The molecule has 0 heterocycles. The van der Waals surface area contributed by atoms with Gasteiger partial charge in [0.1, 0.15) is 0 Å². The van der Waals surface area contributed by atoms with E-state index in [-0.39, 0.29) is 11.9 Å². The number of benzene rings is 1. The summed E-state index contributed by atoms with van der Waals surface area (Å²) in [7, 11) is 1.39. The van der Waals surface area contributed by atoms with Gasteiger partial charge < -0.3 is 4.74 Å². The van der Waals surface area contributed by atoms with Gasteiger partial charge in [-0.3, -0.25) is 4.79 Å². The molecule has 1 fully saturated rings. The summed E-state index contributed by atoms with van der Waals surface area (Å²) in [5, 5.41) is 0. The molecule has 1 aromatic carbocycles. The molecule has 0 unspecified atom stereocenters. The SMILES string of the molecule is COC(=O)[C@@H]1C[C@@]1(Cl)c1ccccc1. The van der Waals surface area contributed by atoms with Gasteiger partial charge in [0.15, 0.2) is 0 Å². The topological polar surface area (TPSA) is 26.3 Å². The normalized spacial score (nSPS) is 29.7. The van der Waals surface area contributed by atoms with Gasteiger partial charge in [0, 0.05) is 0 Å². The van der Waals surface area contributed by atoms with Crippen LogP contribution in [0.1, 0.15) is 12.0 Å². The third-order valence-electron chi connectivity index (χ3n) is 2.63. The van der Waals surface area contributed by atoms with E-state index in [0.29, 0.717) is 6.42 Å². The van der Waals surface area contributed by atoms with E-state index >= 15 is 0 Å². The van der Waals surface area contributed by atoms with Crippen molar-refractivity contribution in [3.63, 3.8) is 0 Å². The van der Waals surface area contributed by atoms with Gasteiger partial charge in [-0.15, -0.1) is 11.6 Å². The van der Waals surface area contributed by atoms with Crippen molar-refractivity contribution in [1.82, 2.24) is 0 Å². The fourth-order valence-corrected chi connectivity index (χ4v) is 2.05. The summed E-state index contributed by atoms with van der Waals surface area (Å²) in [5.74, 6) is -0.402. The first-order chi connectivity index (χ1) is 6.68. The van der Waals surface area contributed by atoms with Crippen molar-refractivity contribution >= 4 is 17.6 Å². The lowest BCUT2D eigenvalue weighted by molar-refractivity contribution is -0.142. The highest BCUT2D eigenvalue weighted by Gasteiger charge is 2.59. The number of ether oxygens (including phenoxy) is 1. The van der Waals surface area contributed by atoms with E-state index in [0.717, 1.165) is 5.56 Å². The first-order valence-electron chi connectivity index (χ1n) is 4.51. The van der Waals surface area contributed by atoms with Crippen LogP contribution in [0, 0.1) is 5.92 Å². The molecule has 0 spiro atoms. The van der Waals surface area contributed by atoms with Gasteiger partial charge >= 0.3 is 5.97 Å². The molecule has 0 amide bonds. The molecule has 0 aromatic heterocycles. The number of halogens is 1. The van der Waals surface area contributed by atoms with Crippen LogP contribution in [0.25, 0.3) is 0 Å². The van der Waals surface area contributed by atoms with Crippen molar-refractivity contribution in [3.05, 3.63) is 35.9 Å². The number of methoxy groups -OCH3 is 1. The Hall–Kier alpha value is -1.02. The lowest BCUT2D eigenvalue weighted by Crippen LogP contribution is -2.10. The fourth-order valence-electron chi connectivity index (χ4n) is 1.68. The third-order valence-corrected chi connectivity index (χ3v) is 3.27. The number of alkyl halides is 1. The maximum atomic E-state index is 11.3. The molecule has 3 heteroatoms. The quantitative estimate of drug-likeness (QED) is 0.553. The Balaban J connectivity index is 2.19. The summed E-state index contributed by atoms with van der Waals surface area (Å²) >= 11 is 6.31. The molecule has 0 radical (unpaired) electrons. The molecular formula is C11H11ClO2. The van der Waals surface area contributed by atoms with Gasteiger partial charge in [-0.1, -0.05) is 30.3 Å². The fraction of sp³-hybridized carbons (Fsp3) is 0.364. The maximum Gasteiger partial charge on any atom is 0.310 e. The van der Waals surface area contributed by atoms with Crippen molar-refractivity contribution in [1.29, 1.82) is 0 Å². The molecule has 1 aliphatic carbocycles. The Labute approximate surface area is 87.8 Å². The highest BCUT2D eigenvalue weighted by atomic mass is 35.5. The number of carbonyl (C=O) groups is 1. The lowest BCUT2D eigenvalue weighted by atomic mass is 10.1. The molecule has 0 bridgehead atoms. The largest absolute Gasteiger partial charge is 0.469 e. The van der Waals surface area contributed by atoms with Crippen LogP contribution in [0.4, 0.5) is 0 Å². The second kappa shape index (κ2) is 3.28. The molecule has 1 aliphatic rings. The highest BCUT2D eigenvalue weighted by Crippen LogP contribution is 2.58. The predicted molar refractivity (Wildman–Crippen MR) is 54.1 cm³/mol. The Morgan fingerprint density at radius 1 is 1.50 bits per heavy atom. The van der Waals surface area contributed by atoms with Gasteiger partial charge in [-0.05, 0) is 12.0 Å². The number of esters is 1. The average Bonchev–Trinajstić information content (AvgIpc) is 2.93. The van der Waals surface area contributed by atoms with E-state index in [1.165, 1.54) is 7.11 Å². The minimum atomic E-state index is -0.519. The summed E-state index contributed by atoms with van der Waals surface area (Å²) in [6.07, 6.45) is 0.672. The molecular weight excluding hydrogens is 200 g/mol. The van der Waals surface area contributed by atoms with Gasteiger partial charge in [0.25, 0.3) is 0 Å². The first-order valence-corrected chi connectivity index (χ1v) is 4.88. The zero-order valence-electron chi connectivity index (χ0n) is 7.87. The zero-order chi connectivity index (χ0) is 10.2. The van der Waals surface area contributed by atoms with Crippen LogP contribution in [0.2, 0.25) is 0 Å². The highest BCUT2D eigenvalue weighted by molar-refractivity contribution is 6.28. The first kappa shape index (κ1) is 9.53. The summed E-state index contributed by atoms with van der Waals surface area (Å²) in [5.41, 5.74) is 0.997. The van der Waals surface area contributed by atoms with Crippen molar-refractivity contribution in [2.75, 3.05) is 7.11 Å². The maximum absolute atomic E-state index is 11.3. The number of carbonyl (C=O) groups excluding carboxylic acids is 1. The minimum Gasteiger partial charge on any atom is -0.469 e. The molecule has 0 saturated heterocycles. The van der Waals surface area contributed by atoms with Crippen molar-refractivity contribution < 1.29 is 9.53 Å².